The van der Waals surface area contributed by atoms with Crippen LogP contribution in [0, 0.1) is 0 Å². The molecule has 3 aliphatic rings. The number of carbonyl (C=O) groups excluding carboxylic acids is 4. The van der Waals surface area contributed by atoms with Crippen LogP contribution in [0.4, 0.5) is 0 Å². The van der Waals surface area contributed by atoms with Gasteiger partial charge in [0.25, 0.3) is 0 Å². The fraction of sp³-hybridized carbons (Fsp3) is 0.739. The van der Waals surface area contributed by atoms with Crippen LogP contribution >= 0.6 is 24.4 Å². The molecule has 3 N–H and O–H groups in total. The molecule has 3 rings (SSSR count). The van der Waals surface area contributed by atoms with Gasteiger partial charge in [0.2, 0.25) is 23.6 Å². The maximum atomic E-state index is 12.9. The summed E-state index contributed by atoms with van der Waals surface area (Å²) in [5.41, 5.74) is 2.22. The monoisotopic (exact) mass is 496 g/mol. The highest BCUT2D eigenvalue weighted by Crippen LogP contribution is 2.39. The molecule has 8 nitrogen and oxygen atoms in total. The molecule has 4 amide bonds. The van der Waals surface area contributed by atoms with Gasteiger partial charge in [0.05, 0.1) is 16.2 Å². The summed E-state index contributed by atoms with van der Waals surface area (Å²) in [4.78, 5) is 51.3. The number of amides is 4. The van der Waals surface area contributed by atoms with E-state index in [1.165, 1.54) is 10.5 Å². The molecule has 0 spiro atoms. The number of nitrogens with zero attached hydrogens (tertiary/aromatic N) is 1. The van der Waals surface area contributed by atoms with Gasteiger partial charge in [-0.2, -0.15) is 12.6 Å². The van der Waals surface area contributed by atoms with Crippen molar-refractivity contribution < 1.29 is 19.2 Å². The van der Waals surface area contributed by atoms with E-state index in [9.17, 15) is 19.2 Å². The number of thiol groups is 1. The largest absolute Gasteiger partial charge is 0.372 e. The first-order valence-corrected chi connectivity index (χ1v) is 13.3. The molecule has 0 aromatic carbocycles. The molecule has 3 aliphatic heterocycles. The van der Waals surface area contributed by atoms with E-state index in [0.29, 0.717) is 0 Å². The molecule has 1 saturated heterocycles. The number of imide groups is 1. The van der Waals surface area contributed by atoms with Gasteiger partial charge in [-0.05, 0) is 45.1 Å². The van der Waals surface area contributed by atoms with E-state index in [1.807, 2.05) is 6.92 Å². The second-order valence-corrected chi connectivity index (χ2v) is 11.6. The van der Waals surface area contributed by atoms with Crippen LogP contribution in [0.2, 0.25) is 0 Å². The van der Waals surface area contributed by atoms with Crippen molar-refractivity contribution >= 4 is 48.0 Å². The minimum absolute atomic E-state index is 0.0191. The molecule has 3 unspecified atom stereocenters. The molecule has 5 atom stereocenters. The van der Waals surface area contributed by atoms with Gasteiger partial charge in [0.15, 0.2) is 0 Å². The fourth-order valence-corrected chi connectivity index (χ4v) is 6.32. The molecular weight excluding hydrogens is 460 g/mol. The zero-order valence-corrected chi connectivity index (χ0v) is 21.6. The molecule has 2 bridgehead atoms. The summed E-state index contributed by atoms with van der Waals surface area (Å²) in [6.07, 6.45) is 4.38. The van der Waals surface area contributed by atoms with Gasteiger partial charge in [-0.15, -0.1) is 11.8 Å². The summed E-state index contributed by atoms with van der Waals surface area (Å²) in [7, 11) is 0. The highest BCUT2D eigenvalue weighted by molar-refractivity contribution is 8.01. The SMILES string of the molecule is CCC1CCC2=C(NC(S)(CC)C2)[C@H](C)NC(=O)[C@H](C)NC(=O)CCN2C(=O)CC(S1)C2=O. The van der Waals surface area contributed by atoms with E-state index in [1.54, 1.807) is 18.7 Å². The Bertz CT molecular complexity index is 848. The Morgan fingerprint density at radius 1 is 1.09 bits per heavy atom. The summed E-state index contributed by atoms with van der Waals surface area (Å²) in [6.45, 7) is 7.80. The lowest BCUT2D eigenvalue weighted by Gasteiger charge is -2.26. The van der Waals surface area contributed by atoms with Crippen LogP contribution in [0.3, 0.4) is 0 Å². The number of fused-ring (bicyclic) bond motifs is 2. The van der Waals surface area contributed by atoms with Crippen molar-refractivity contribution in [2.75, 3.05) is 6.54 Å². The Morgan fingerprint density at radius 2 is 1.82 bits per heavy atom. The molecule has 33 heavy (non-hydrogen) atoms. The average Bonchev–Trinajstić information content (AvgIpc) is 3.25. The van der Waals surface area contributed by atoms with E-state index in [-0.39, 0.29) is 59.2 Å². The predicted octanol–water partition coefficient (Wildman–Crippen LogP) is 2.10. The number of thioether (sulfide) groups is 1. The summed E-state index contributed by atoms with van der Waals surface area (Å²) in [6, 6.07) is -0.969. The van der Waals surface area contributed by atoms with Crippen LogP contribution in [0.5, 0.6) is 0 Å². The van der Waals surface area contributed by atoms with Crippen LogP contribution in [0.25, 0.3) is 0 Å². The van der Waals surface area contributed by atoms with Gasteiger partial charge < -0.3 is 16.0 Å². The van der Waals surface area contributed by atoms with Crippen molar-refractivity contribution in [3.63, 3.8) is 0 Å². The first kappa shape index (κ1) is 25.9. The molecule has 0 aromatic rings. The molecular formula is C23H36N4O4S2. The molecule has 1 fully saturated rings. The zero-order valence-electron chi connectivity index (χ0n) is 19.9. The standard InChI is InChI=1S/C23H36N4O4S2/c1-5-16-8-7-15-12-23(32,6-2)26-20(15)13(3)25-21(30)14(4)24-18(28)9-10-27-19(29)11-17(33-16)22(27)31/h13-14,16-17,26,32H,5-12H2,1-4H3,(H,24,28)(H,25,30)/t13-,14-,16?,17?,23?/m0/s1. The lowest BCUT2D eigenvalue weighted by atomic mass is 9.99. The van der Waals surface area contributed by atoms with Crippen molar-refractivity contribution in [1.82, 2.24) is 20.9 Å². The lowest BCUT2D eigenvalue weighted by Crippen LogP contribution is -2.50. The van der Waals surface area contributed by atoms with Gasteiger partial charge >= 0.3 is 0 Å². The van der Waals surface area contributed by atoms with Crippen molar-refractivity contribution in [2.45, 2.75) is 100 Å². The maximum absolute atomic E-state index is 12.9. The minimum atomic E-state index is -0.731. The topological polar surface area (TPSA) is 108 Å². The number of nitrogens with one attached hydrogen (secondary N) is 3. The van der Waals surface area contributed by atoms with Gasteiger partial charge in [0.1, 0.15) is 6.04 Å². The third-order valence-electron chi connectivity index (χ3n) is 6.75. The quantitative estimate of drug-likeness (QED) is 0.345. The van der Waals surface area contributed by atoms with E-state index in [0.717, 1.165) is 37.8 Å². The Balaban J connectivity index is 1.86. The zero-order chi connectivity index (χ0) is 24.3. The van der Waals surface area contributed by atoms with Crippen LogP contribution < -0.4 is 16.0 Å². The van der Waals surface area contributed by atoms with Gasteiger partial charge in [0, 0.05) is 36.8 Å². The Hall–Kier alpha value is -1.68. The normalized spacial score (nSPS) is 34.5. The second-order valence-electron chi connectivity index (χ2n) is 9.26. The molecule has 0 saturated carbocycles. The van der Waals surface area contributed by atoms with Crippen molar-refractivity contribution in [3.8, 4) is 0 Å². The van der Waals surface area contributed by atoms with Crippen molar-refractivity contribution in [1.29, 1.82) is 0 Å². The number of rotatable bonds is 2. The van der Waals surface area contributed by atoms with Crippen molar-refractivity contribution in [2.24, 2.45) is 0 Å². The third kappa shape index (κ3) is 6.07. The summed E-state index contributed by atoms with van der Waals surface area (Å²) in [5.74, 6) is -1.08. The van der Waals surface area contributed by atoms with E-state index < -0.39 is 11.3 Å². The Morgan fingerprint density at radius 3 is 2.48 bits per heavy atom. The second kappa shape index (κ2) is 10.7. The highest BCUT2D eigenvalue weighted by atomic mass is 32.2. The Labute approximate surface area is 205 Å². The lowest BCUT2D eigenvalue weighted by molar-refractivity contribution is -0.139. The number of carbonyl (C=O) groups is 4. The first-order chi connectivity index (χ1) is 15.6. The summed E-state index contributed by atoms with van der Waals surface area (Å²) < 4.78 is 0. The van der Waals surface area contributed by atoms with Crippen LogP contribution in [0.15, 0.2) is 11.3 Å². The van der Waals surface area contributed by atoms with Crippen LogP contribution in [-0.4, -0.2) is 62.5 Å². The number of hydrogen-bond donors (Lipinski definition) is 4. The minimum Gasteiger partial charge on any atom is -0.372 e. The Kier molecular flexibility index (Phi) is 8.42. The maximum Gasteiger partial charge on any atom is 0.242 e. The molecule has 0 aliphatic carbocycles. The van der Waals surface area contributed by atoms with Crippen LogP contribution in [0.1, 0.15) is 72.6 Å². The van der Waals surface area contributed by atoms with E-state index in [4.69, 9.17) is 12.6 Å². The number of hydrogen-bond acceptors (Lipinski definition) is 7. The molecule has 3 heterocycles. The summed E-state index contributed by atoms with van der Waals surface area (Å²) >= 11 is 6.44. The van der Waals surface area contributed by atoms with E-state index in [2.05, 4.69) is 29.8 Å². The van der Waals surface area contributed by atoms with Gasteiger partial charge in [-0.1, -0.05) is 13.8 Å². The van der Waals surface area contributed by atoms with Gasteiger partial charge in [-0.3, -0.25) is 24.1 Å². The van der Waals surface area contributed by atoms with Crippen LogP contribution in [-0.2, 0) is 19.2 Å². The third-order valence-corrected chi connectivity index (χ3v) is 8.98. The van der Waals surface area contributed by atoms with Crippen molar-refractivity contribution in [3.05, 3.63) is 11.3 Å². The molecule has 0 aromatic heterocycles. The average molecular weight is 497 g/mol. The first-order valence-electron chi connectivity index (χ1n) is 11.9. The molecule has 0 radical (unpaired) electrons. The highest BCUT2D eigenvalue weighted by Gasteiger charge is 2.41. The molecule has 184 valence electrons. The predicted molar refractivity (Wildman–Crippen MR) is 133 cm³/mol. The van der Waals surface area contributed by atoms with E-state index >= 15 is 0 Å². The smallest absolute Gasteiger partial charge is 0.242 e. The fourth-order valence-electron chi connectivity index (χ4n) is 4.62. The molecule has 10 heteroatoms. The summed E-state index contributed by atoms with van der Waals surface area (Å²) in [5, 5.41) is 9.06. The van der Waals surface area contributed by atoms with Gasteiger partial charge in [-0.25, -0.2) is 0 Å².